The van der Waals surface area contributed by atoms with Crippen LogP contribution in [0, 0.1) is 5.92 Å². The van der Waals surface area contributed by atoms with Crippen molar-refractivity contribution in [3.05, 3.63) is 24.3 Å². The number of nitrogens with one attached hydrogen (secondary N) is 1. The molecule has 1 saturated carbocycles. The van der Waals surface area contributed by atoms with Gasteiger partial charge in [-0.05, 0) is 49.4 Å². The van der Waals surface area contributed by atoms with E-state index >= 15 is 0 Å². The van der Waals surface area contributed by atoms with E-state index in [4.69, 9.17) is 9.47 Å². The summed E-state index contributed by atoms with van der Waals surface area (Å²) in [6.07, 6.45) is 3.82. The molecule has 1 aromatic rings. The number of methoxy groups -OCH3 is 2. The molecule has 0 radical (unpaired) electrons. The number of hydrogen-bond acceptors (Lipinski definition) is 4. The monoisotopic (exact) mass is 277 g/mol. The van der Waals surface area contributed by atoms with E-state index in [0.29, 0.717) is 5.92 Å². The van der Waals surface area contributed by atoms with E-state index in [-0.39, 0.29) is 5.97 Å². The molecule has 2 rings (SSSR count). The van der Waals surface area contributed by atoms with Crippen LogP contribution in [0.4, 0.5) is 5.69 Å². The van der Waals surface area contributed by atoms with Gasteiger partial charge in [-0.3, -0.25) is 0 Å². The van der Waals surface area contributed by atoms with Crippen molar-refractivity contribution in [3.63, 3.8) is 0 Å². The summed E-state index contributed by atoms with van der Waals surface area (Å²) in [7, 11) is 3.10. The molecule has 0 bridgehead atoms. The molecule has 1 N–H and O–H groups in total. The highest BCUT2D eigenvalue weighted by Gasteiger charge is 2.45. The first-order chi connectivity index (χ1) is 9.63. The molecule has 4 nitrogen and oxygen atoms in total. The van der Waals surface area contributed by atoms with Crippen molar-refractivity contribution < 1.29 is 14.3 Å². The summed E-state index contributed by atoms with van der Waals surface area (Å²) in [5.41, 5.74) is 0.345. The van der Waals surface area contributed by atoms with Gasteiger partial charge in [-0.15, -0.1) is 0 Å². The maximum absolute atomic E-state index is 12.2. The molecule has 0 amide bonds. The first-order valence-corrected chi connectivity index (χ1v) is 7.14. The molecule has 1 fully saturated rings. The predicted octanol–water partition coefficient (Wildman–Crippen LogP) is 3.23. The molecule has 110 valence electrons. The lowest BCUT2D eigenvalue weighted by Gasteiger charge is -2.29. The van der Waals surface area contributed by atoms with Gasteiger partial charge in [0.25, 0.3) is 0 Å². The second-order valence-corrected chi connectivity index (χ2v) is 5.44. The van der Waals surface area contributed by atoms with E-state index in [1.54, 1.807) is 7.11 Å². The highest BCUT2D eigenvalue weighted by Crippen LogP contribution is 2.39. The van der Waals surface area contributed by atoms with Crippen LogP contribution in [0.3, 0.4) is 0 Å². The van der Waals surface area contributed by atoms with E-state index in [1.807, 2.05) is 24.3 Å². The Bertz CT molecular complexity index is 457. The van der Waals surface area contributed by atoms with Gasteiger partial charge < -0.3 is 14.8 Å². The molecule has 4 heteroatoms. The number of esters is 1. The Morgan fingerprint density at radius 2 is 2.05 bits per heavy atom. The number of hydrogen-bond donors (Lipinski definition) is 1. The third-order valence-corrected chi connectivity index (χ3v) is 4.24. The van der Waals surface area contributed by atoms with Crippen LogP contribution in [0.25, 0.3) is 0 Å². The predicted molar refractivity (Wildman–Crippen MR) is 79.0 cm³/mol. The third kappa shape index (κ3) is 2.89. The second-order valence-electron chi connectivity index (χ2n) is 5.44. The van der Waals surface area contributed by atoms with Crippen molar-refractivity contribution in [2.45, 2.75) is 38.1 Å². The molecular formula is C16H23NO3. The summed E-state index contributed by atoms with van der Waals surface area (Å²) in [6.45, 7) is 2.17. The minimum Gasteiger partial charge on any atom is -0.497 e. The van der Waals surface area contributed by atoms with Crippen molar-refractivity contribution in [1.29, 1.82) is 0 Å². The molecule has 0 aromatic heterocycles. The largest absolute Gasteiger partial charge is 0.497 e. The van der Waals surface area contributed by atoms with Crippen LogP contribution >= 0.6 is 0 Å². The lowest BCUT2D eigenvalue weighted by molar-refractivity contribution is -0.145. The van der Waals surface area contributed by atoms with E-state index in [9.17, 15) is 4.79 Å². The van der Waals surface area contributed by atoms with Crippen LogP contribution in [-0.4, -0.2) is 25.7 Å². The summed E-state index contributed by atoms with van der Waals surface area (Å²) >= 11 is 0. The SMILES string of the molecule is CCC1CCC(Nc2ccc(OC)cc2)(C(=O)OC)C1. The maximum atomic E-state index is 12.2. The smallest absolute Gasteiger partial charge is 0.331 e. The average Bonchev–Trinajstić information content (AvgIpc) is 2.91. The Balaban J connectivity index is 2.17. The number of ether oxygens (including phenoxy) is 2. The van der Waals surface area contributed by atoms with Crippen LogP contribution in [0.5, 0.6) is 5.75 Å². The van der Waals surface area contributed by atoms with Gasteiger partial charge in [-0.1, -0.05) is 13.3 Å². The van der Waals surface area contributed by atoms with Crippen LogP contribution in [0.1, 0.15) is 32.6 Å². The van der Waals surface area contributed by atoms with Crippen molar-refractivity contribution in [1.82, 2.24) is 0 Å². The Morgan fingerprint density at radius 1 is 1.35 bits per heavy atom. The number of anilines is 1. The summed E-state index contributed by atoms with van der Waals surface area (Å²) in [6, 6.07) is 7.64. The van der Waals surface area contributed by atoms with Crippen molar-refractivity contribution >= 4 is 11.7 Å². The van der Waals surface area contributed by atoms with Crippen molar-refractivity contribution in [2.24, 2.45) is 5.92 Å². The quantitative estimate of drug-likeness (QED) is 0.839. The highest BCUT2D eigenvalue weighted by atomic mass is 16.5. The molecule has 1 aliphatic carbocycles. The molecule has 2 atom stereocenters. The molecule has 20 heavy (non-hydrogen) atoms. The van der Waals surface area contributed by atoms with Gasteiger partial charge in [0.1, 0.15) is 11.3 Å². The summed E-state index contributed by atoms with van der Waals surface area (Å²) in [5, 5.41) is 3.39. The van der Waals surface area contributed by atoms with Gasteiger partial charge in [0.15, 0.2) is 0 Å². The normalized spacial score (nSPS) is 25.2. The van der Waals surface area contributed by atoms with Crippen LogP contribution < -0.4 is 10.1 Å². The van der Waals surface area contributed by atoms with Crippen molar-refractivity contribution in [3.8, 4) is 5.75 Å². The number of rotatable bonds is 5. The molecule has 0 spiro atoms. The first kappa shape index (κ1) is 14.7. The van der Waals surface area contributed by atoms with Crippen LogP contribution in [0.15, 0.2) is 24.3 Å². The first-order valence-electron chi connectivity index (χ1n) is 7.14. The zero-order valence-corrected chi connectivity index (χ0v) is 12.4. The van der Waals surface area contributed by atoms with E-state index in [0.717, 1.165) is 37.1 Å². The highest BCUT2D eigenvalue weighted by molar-refractivity contribution is 5.85. The number of carbonyl (C=O) groups excluding carboxylic acids is 1. The number of carbonyl (C=O) groups is 1. The fourth-order valence-corrected chi connectivity index (χ4v) is 2.99. The van der Waals surface area contributed by atoms with Gasteiger partial charge in [0.2, 0.25) is 0 Å². The summed E-state index contributed by atoms with van der Waals surface area (Å²) in [4.78, 5) is 12.2. The van der Waals surface area contributed by atoms with Gasteiger partial charge in [-0.25, -0.2) is 4.79 Å². The molecule has 0 saturated heterocycles. The summed E-state index contributed by atoms with van der Waals surface area (Å²) in [5.74, 6) is 1.23. The lowest BCUT2D eigenvalue weighted by atomic mass is 9.94. The van der Waals surface area contributed by atoms with Crippen LogP contribution in [0.2, 0.25) is 0 Å². The molecular weight excluding hydrogens is 254 g/mol. The summed E-state index contributed by atoms with van der Waals surface area (Å²) < 4.78 is 10.2. The Labute approximate surface area is 120 Å². The van der Waals surface area contributed by atoms with Crippen molar-refractivity contribution in [2.75, 3.05) is 19.5 Å². The molecule has 0 heterocycles. The third-order valence-electron chi connectivity index (χ3n) is 4.24. The Kier molecular flexibility index (Phi) is 4.53. The van der Waals surface area contributed by atoms with Gasteiger partial charge in [0.05, 0.1) is 14.2 Å². The molecule has 1 aliphatic rings. The average molecular weight is 277 g/mol. The zero-order chi connectivity index (χ0) is 14.6. The van der Waals surface area contributed by atoms with Gasteiger partial charge in [-0.2, -0.15) is 0 Å². The molecule has 2 unspecified atom stereocenters. The van der Waals surface area contributed by atoms with Gasteiger partial charge in [0, 0.05) is 5.69 Å². The molecule has 0 aliphatic heterocycles. The van der Waals surface area contributed by atoms with Crippen LogP contribution in [-0.2, 0) is 9.53 Å². The van der Waals surface area contributed by atoms with E-state index in [2.05, 4.69) is 12.2 Å². The maximum Gasteiger partial charge on any atom is 0.331 e. The van der Waals surface area contributed by atoms with E-state index in [1.165, 1.54) is 7.11 Å². The lowest BCUT2D eigenvalue weighted by Crippen LogP contribution is -2.45. The zero-order valence-electron chi connectivity index (χ0n) is 12.4. The Hall–Kier alpha value is -1.71. The fourth-order valence-electron chi connectivity index (χ4n) is 2.99. The standard InChI is InChI=1S/C16H23NO3/c1-4-12-9-10-16(11-12,15(18)20-3)17-13-5-7-14(19-2)8-6-13/h5-8,12,17H,4,9-11H2,1-3H3. The molecule has 1 aromatic carbocycles. The fraction of sp³-hybridized carbons (Fsp3) is 0.562. The minimum atomic E-state index is -0.579. The van der Waals surface area contributed by atoms with E-state index < -0.39 is 5.54 Å². The Morgan fingerprint density at radius 3 is 2.55 bits per heavy atom. The topological polar surface area (TPSA) is 47.6 Å². The minimum absolute atomic E-state index is 0.163. The van der Waals surface area contributed by atoms with Gasteiger partial charge >= 0.3 is 5.97 Å². The second kappa shape index (κ2) is 6.16. The number of benzene rings is 1.